The summed E-state index contributed by atoms with van der Waals surface area (Å²) in [6.07, 6.45) is 2.82. The first kappa shape index (κ1) is 14.4. The van der Waals surface area contributed by atoms with Crippen LogP contribution < -0.4 is 0 Å². The van der Waals surface area contributed by atoms with Gasteiger partial charge in [0.2, 0.25) is 0 Å². The van der Waals surface area contributed by atoms with Crippen molar-refractivity contribution >= 4 is 17.7 Å². The van der Waals surface area contributed by atoms with E-state index in [1.165, 1.54) is 12.7 Å². The first-order valence-electron chi connectivity index (χ1n) is 6.50. The van der Waals surface area contributed by atoms with Crippen LogP contribution in [0.5, 0.6) is 0 Å². The van der Waals surface area contributed by atoms with Crippen molar-refractivity contribution in [3.05, 3.63) is 35.9 Å². The van der Waals surface area contributed by atoms with Crippen LogP contribution in [-0.4, -0.2) is 24.8 Å². The first-order chi connectivity index (χ1) is 9.24. The van der Waals surface area contributed by atoms with Gasteiger partial charge in [-0.3, -0.25) is 4.79 Å². The molecule has 1 aromatic carbocycles. The molecule has 0 aliphatic heterocycles. The van der Waals surface area contributed by atoms with Gasteiger partial charge in [-0.2, -0.15) is 0 Å². The molecule has 1 aliphatic rings. The minimum atomic E-state index is -0.0942. The molecule has 1 saturated carbocycles. The summed E-state index contributed by atoms with van der Waals surface area (Å²) < 4.78 is 10.4. The zero-order chi connectivity index (χ0) is 13.6. The molecule has 0 radical (unpaired) electrons. The maximum absolute atomic E-state index is 11.3. The number of hydrogen-bond donors (Lipinski definition) is 0. The Hall–Kier alpha value is -1.00. The fourth-order valence-electron chi connectivity index (χ4n) is 1.98. The van der Waals surface area contributed by atoms with Gasteiger partial charge in [-0.1, -0.05) is 30.3 Å². The van der Waals surface area contributed by atoms with Crippen LogP contribution in [-0.2, 0) is 20.9 Å². The summed E-state index contributed by atoms with van der Waals surface area (Å²) in [5.41, 5.74) is 1.38. The maximum atomic E-state index is 11.3. The molecule has 0 aromatic heterocycles. The predicted molar refractivity (Wildman–Crippen MR) is 76.9 cm³/mol. The molecule has 1 fully saturated rings. The molecule has 0 heterocycles. The lowest BCUT2D eigenvalue weighted by Gasteiger charge is -2.13. The summed E-state index contributed by atoms with van der Waals surface area (Å²) >= 11 is 1.76. The number of methoxy groups -OCH3 is 1. The predicted octanol–water partition coefficient (Wildman–Crippen LogP) is 3.24. The summed E-state index contributed by atoms with van der Waals surface area (Å²) in [5, 5.41) is 0. The maximum Gasteiger partial charge on any atom is 0.306 e. The number of thioether (sulfide) groups is 1. The van der Waals surface area contributed by atoms with Crippen molar-refractivity contribution in [2.75, 3.05) is 18.8 Å². The SMILES string of the molecule is COC(=O)CC1(CSCOCc2ccccc2)CC1. The molecule has 0 atom stereocenters. The van der Waals surface area contributed by atoms with Gasteiger partial charge in [0.05, 0.1) is 26.1 Å². The monoisotopic (exact) mass is 280 g/mol. The van der Waals surface area contributed by atoms with E-state index in [9.17, 15) is 4.79 Å². The molecular weight excluding hydrogens is 260 g/mol. The summed E-state index contributed by atoms with van der Waals surface area (Å²) in [4.78, 5) is 11.3. The van der Waals surface area contributed by atoms with Crippen LogP contribution in [0, 0.1) is 5.41 Å². The second-order valence-electron chi connectivity index (χ2n) is 5.05. The summed E-state index contributed by atoms with van der Waals surface area (Å²) in [5.74, 6) is 1.57. The van der Waals surface area contributed by atoms with Crippen molar-refractivity contribution in [1.82, 2.24) is 0 Å². The fraction of sp³-hybridized carbons (Fsp3) is 0.533. The largest absolute Gasteiger partial charge is 0.469 e. The zero-order valence-corrected chi connectivity index (χ0v) is 12.1. The third kappa shape index (κ3) is 4.88. The lowest BCUT2D eigenvalue weighted by atomic mass is 10.1. The number of carbonyl (C=O) groups is 1. The van der Waals surface area contributed by atoms with Gasteiger partial charge in [0.25, 0.3) is 0 Å². The minimum absolute atomic E-state index is 0.0942. The quantitative estimate of drug-likeness (QED) is 0.416. The molecule has 0 amide bonds. The molecule has 0 spiro atoms. The van der Waals surface area contributed by atoms with E-state index >= 15 is 0 Å². The second-order valence-corrected chi connectivity index (χ2v) is 5.99. The van der Waals surface area contributed by atoms with E-state index < -0.39 is 0 Å². The van der Waals surface area contributed by atoms with Crippen LogP contribution in [0.1, 0.15) is 24.8 Å². The summed E-state index contributed by atoms with van der Waals surface area (Å²) in [6.45, 7) is 0.651. The van der Waals surface area contributed by atoms with Gasteiger partial charge < -0.3 is 9.47 Å². The topological polar surface area (TPSA) is 35.5 Å². The Morgan fingerprint density at radius 1 is 1.32 bits per heavy atom. The molecule has 0 bridgehead atoms. The van der Waals surface area contributed by atoms with Crippen LogP contribution in [0.2, 0.25) is 0 Å². The van der Waals surface area contributed by atoms with Gasteiger partial charge in [0.15, 0.2) is 0 Å². The van der Waals surface area contributed by atoms with Crippen LogP contribution >= 0.6 is 11.8 Å². The Morgan fingerprint density at radius 3 is 2.68 bits per heavy atom. The van der Waals surface area contributed by atoms with E-state index in [0.29, 0.717) is 19.0 Å². The molecule has 4 heteroatoms. The van der Waals surface area contributed by atoms with Gasteiger partial charge in [-0.05, 0) is 23.8 Å². The van der Waals surface area contributed by atoms with E-state index in [4.69, 9.17) is 9.47 Å². The Bertz CT molecular complexity index is 401. The summed E-state index contributed by atoms with van der Waals surface area (Å²) in [7, 11) is 1.45. The van der Waals surface area contributed by atoms with Crippen LogP contribution in [0.25, 0.3) is 0 Å². The highest BCUT2D eigenvalue weighted by atomic mass is 32.2. The van der Waals surface area contributed by atoms with E-state index in [1.807, 2.05) is 18.2 Å². The number of ether oxygens (including phenoxy) is 2. The zero-order valence-electron chi connectivity index (χ0n) is 11.3. The van der Waals surface area contributed by atoms with Gasteiger partial charge >= 0.3 is 5.97 Å². The Labute approximate surface area is 118 Å². The van der Waals surface area contributed by atoms with Gasteiger partial charge in [0, 0.05) is 5.75 Å². The van der Waals surface area contributed by atoms with E-state index in [0.717, 1.165) is 18.6 Å². The van der Waals surface area contributed by atoms with Crippen molar-refractivity contribution < 1.29 is 14.3 Å². The highest BCUT2D eigenvalue weighted by Crippen LogP contribution is 2.51. The van der Waals surface area contributed by atoms with Crippen molar-refractivity contribution in [2.45, 2.75) is 25.9 Å². The summed E-state index contributed by atoms with van der Waals surface area (Å²) in [6, 6.07) is 10.2. The lowest BCUT2D eigenvalue weighted by Crippen LogP contribution is -2.13. The Morgan fingerprint density at radius 2 is 2.05 bits per heavy atom. The number of benzene rings is 1. The van der Waals surface area contributed by atoms with Gasteiger partial charge in [-0.25, -0.2) is 0 Å². The number of rotatable bonds is 8. The molecule has 0 N–H and O–H groups in total. The highest BCUT2D eigenvalue weighted by molar-refractivity contribution is 7.99. The van der Waals surface area contributed by atoms with Crippen LogP contribution in [0.3, 0.4) is 0 Å². The smallest absolute Gasteiger partial charge is 0.306 e. The first-order valence-corrected chi connectivity index (χ1v) is 7.66. The van der Waals surface area contributed by atoms with Crippen LogP contribution in [0.15, 0.2) is 30.3 Å². The van der Waals surface area contributed by atoms with Crippen molar-refractivity contribution in [2.24, 2.45) is 5.41 Å². The average Bonchev–Trinajstić information content (AvgIpc) is 3.19. The molecule has 2 rings (SSSR count). The number of hydrogen-bond acceptors (Lipinski definition) is 4. The van der Waals surface area contributed by atoms with E-state index in [1.54, 1.807) is 11.8 Å². The Balaban J connectivity index is 1.58. The van der Waals surface area contributed by atoms with Crippen LogP contribution in [0.4, 0.5) is 0 Å². The van der Waals surface area contributed by atoms with Crippen molar-refractivity contribution in [1.29, 1.82) is 0 Å². The third-order valence-electron chi connectivity index (χ3n) is 3.39. The second kappa shape index (κ2) is 6.96. The molecule has 19 heavy (non-hydrogen) atoms. The standard InChI is InChI=1S/C15H20O3S/c1-17-14(16)9-15(7-8-15)11-19-12-18-10-13-5-3-2-4-6-13/h2-6H,7-12H2,1H3. The highest BCUT2D eigenvalue weighted by Gasteiger charge is 2.44. The van der Waals surface area contributed by atoms with Crippen molar-refractivity contribution in [3.8, 4) is 0 Å². The molecule has 0 saturated heterocycles. The normalized spacial score (nSPS) is 16.1. The van der Waals surface area contributed by atoms with Crippen molar-refractivity contribution in [3.63, 3.8) is 0 Å². The number of esters is 1. The van der Waals surface area contributed by atoms with Gasteiger partial charge in [-0.15, -0.1) is 11.8 Å². The third-order valence-corrected chi connectivity index (χ3v) is 4.54. The van der Waals surface area contributed by atoms with E-state index in [-0.39, 0.29) is 11.4 Å². The van der Waals surface area contributed by atoms with Gasteiger partial charge in [0.1, 0.15) is 0 Å². The fourth-order valence-corrected chi connectivity index (χ4v) is 3.09. The average molecular weight is 280 g/mol. The lowest BCUT2D eigenvalue weighted by molar-refractivity contribution is -0.141. The molecule has 1 aromatic rings. The minimum Gasteiger partial charge on any atom is -0.469 e. The Kier molecular flexibility index (Phi) is 5.28. The number of carbonyl (C=O) groups excluding carboxylic acids is 1. The molecule has 104 valence electrons. The molecule has 1 aliphatic carbocycles. The van der Waals surface area contributed by atoms with E-state index in [2.05, 4.69) is 12.1 Å². The molecule has 0 unspecified atom stereocenters. The molecule has 3 nitrogen and oxygen atoms in total. The molecular formula is C15H20O3S.